The molecule has 0 bridgehead atoms. The van der Waals surface area contributed by atoms with Gasteiger partial charge in [-0.2, -0.15) is 0 Å². The number of fused-ring (bicyclic) bond motifs is 7. The fourth-order valence-electron chi connectivity index (χ4n) is 6.15. The number of pyridine rings is 1. The van der Waals surface area contributed by atoms with E-state index >= 15 is 0 Å². The van der Waals surface area contributed by atoms with E-state index in [4.69, 9.17) is 14.4 Å². The second kappa shape index (κ2) is 7.98. The van der Waals surface area contributed by atoms with E-state index in [-0.39, 0.29) is 0 Å². The Morgan fingerprint density at radius 1 is 0.600 bits per heavy atom. The number of anilines is 3. The molecule has 4 heterocycles. The quantitative estimate of drug-likeness (QED) is 0.231. The third-order valence-corrected chi connectivity index (χ3v) is 7.86. The largest absolute Gasteiger partial charge is 0.452 e. The summed E-state index contributed by atoms with van der Waals surface area (Å²) in [6, 6.07) is 39.7. The van der Waals surface area contributed by atoms with Gasteiger partial charge >= 0.3 is 0 Å². The van der Waals surface area contributed by atoms with E-state index in [1.54, 1.807) is 6.20 Å². The zero-order valence-corrected chi connectivity index (χ0v) is 21.2. The molecule has 5 nitrogen and oxygen atoms in total. The maximum absolute atomic E-state index is 6.34. The lowest BCUT2D eigenvalue weighted by Crippen LogP contribution is -2.18. The molecule has 8 aromatic rings. The van der Waals surface area contributed by atoms with Gasteiger partial charge < -0.3 is 4.42 Å². The van der Waals surface area contributed by atoms with Crippen molar-refractivity contribution in [1.82, 2.24) is 15.0 Å². The minimum Gasteiger partial charge on any atom is -0.452 e. The van der Waals surface area contributed by atoms with Crippen LogP contribution in [0.4, 0.5) is 17.3 Å². The van der Waals surface area contributed by atoms with Crippen LogP contribution in [0.25, 0.3) is 66.1 Å². The summed E-state index contributed by atoms with van der Waals surface area (Å²) >= 11 is 0. The molecule has 0 saturated heterocycles. The van der Waals surface area contributed by atoms with Crippen molar-refractivity contribution < 1.29 is 4.42 Å². The van der Waals surface area contributed by atoms with Crippen molar-refractivity contribution in [1.29, 1.82) is 0 Å². The Kier molecular flexibility index (Phi) is 4.27. The van der Waals surface area contributed by atoms with Crippen LogP contribution in [0.3, 0.4) is 0 Å². The molecule has 0 fully saturated rings. The van der Waals surface area contributed by atoms with Crippen LogP contribution in [0.5, 0.6) is 0 Å². The first-order valence-corrected chi connectivity index (χ1v) is 13.3. The maximum Gasteiger partial charge on any atom is 0.236 e. The number of hydrogen-bond acceptors (Lipinski definition) is 5. The molecule has 9 rings (SSSR count). The van der Waals surface area contributed by atoms with Crippen molar-refractivity contribution in [2.24, 2.45) is 0 Å². The Balaban J connectivity index is 1.44. The Morgan fingerprint density at radius 3 is 2.30 bits per heavy atom. The van der Waals surface area contributed by atoms with Gasteiger partial charge in [-0.05, 0) is 58.1 Å². The van der Waals surface area contributed by atoms with E-state index in [1.807, 2.05) is 42.5 Å². The van der Waals surface area contributed by atoms with Crippen molar-refractivity contribution in [2.45, 2.75) is 0 Å². The van der Waals surface area contributed by atoms with Gasteiger partial charge in [0.1, 0.15) is 16.8 Å². The zero-order chi connectivity index (χ0) is 26.2. The predicted molar refractivity (Wildman–Crippen MR) is 161 cm³/mol. The van der Waals surface area contributed by atoms with Crippen LogP contribution in [0.1, 0.15) is 0 Å². The molecular weight excluding hydrogens is 492 g/mol. The molecule has 0 saturated carbocycles. The molecule has 0 spiro atoms. The van der Waals surface area contributed by atoms with E-state index in [0.29, 0.717) is 17.2 Å². The van der Waals surface area contributed by atoms with Crippen LogP contribution >= 0.6 is 0 Å². The maximum atomic E-state index is 6.34. The van der Waals surface area contributed by atoms with Crippen molar-refractivity contribution >= 4 is 60.9 Å². The van der Waals surface area contributed by atoms with Gasteiger partial charge in [-0.15, -0.1) is 0 Å². The SMILES string of the molecule is c1ccc(-c2nc(N3c4ccc5ccccc5c4-c4cccc5cccc3c45)nc3c2oc2ccccc23)nc1. The highest BCUT2D eigenvalue weighted by Crippen LogP contribution is 2.52. The first-order valence-electron chi connectivity index (χ1n) is 13.3. The molecule has 5 aromatic carbocycles. The monoisotopic (exact) mass is 512 g/mol. The summed E-state index contributed by atoms with van der Waals surface area (Å²) in [5, 5.41) is 5.72. The van der Waals surface area contributed by atoms with Crippen LogP contribution in [-0.2, 0) is 0 Å². The number of aromatic nitrogens is 3. The number of rotatable bonds is 2. The van der Waals surface area contributed by atoms with Gasteiger partial charge in [0, 0.05) is 22.5 Å². The molecule has 186 valence electrons. The number of nitrogens with zero attached hydrogens (tertiary/aromatic N) is 4. The summed E-state index contributed by atoms with van der Waals surface area (Å²) in [5.41, 5.74) is 8.10. The first kappa shape index (κ1) is 21.4. The fourth-order valence-corrected chi connectivity index (χ4v) is 6.15. The Bertz CT molecular complexity index is 2280. The highest BCUT2D eigenvalue weighted by atomic mass is 16.3. The van der Waals surface area contributed by atoms with Crippen LogP contribution in [0.15, 0.2) is 126 Å². The van der Waals surface area contributed by atoms with Crippen molar-refractivity contribution in [3.05, 3.63) is 121 Å². The minimum absolute atomic E-state index is 0.582. The molecule has 1 aliphatic rings. The number of benzene rings is 5. The third-order valence-electron chi connectivity index (χ3n) is 7.86. The fraction of sp³-hybridized carbons (Fsp3) is 0. The molecule has 3 aromatic heterocycles. The summed E-state index contributed by atoms with van der Waals surface area (Å²) in [6.45, 7) is 0. The second-order valence-electron chi connectivity index (χ2n) is 10.1. The van der Waals surface area contributed by atoms with Gasteiger partial charge in [0.15, 0.2) is 5.58 Å². The second-order valence-corrected chi connectivity index (χ2v) is 10.1. The molecular formula is C35H20N4O. The normalized spacial score (nSPS) is 12.4. The molecule has 0 N–H and O–H groups in total. The smallest absolute Gasteiger partial charge is 0.236 e. The zero-order valence-electron chi connectivity index (χ0n) is 21.2. The molecule has 0 amide bonds. The van der Waals surface area contributed by atoms with Gasteiger partial charge in [0.2, 0.25) is 5.95 Å². The Morgan fingerprint density at radius 2 is 1.40 bits per heavy atom. The molecule has 0 aliphatic carbocycles. The van der Waals surface area contributed by atoms with E-state index < -0.39 is 0 Å². The highest BCUT2D eigenvalue weighted by molar-refractivity contribution is 6.19. The lowest BCUT2D eigenvalue weighted by molar-refractivity contribution is 0.667. The molecule has 40 heavy (non-hydrogen) atoms. The topological polar surface area (TPSA) is 55.1 Å². The van der Waals surface area contributed by atoms with Gasteiger partial charge in [-0.3, -0.25) is 9.88 Å². The summed E-state index contributed by atoms with van der Waals surface area (Å²) < 4.78 is 6.34. The molecule has 0 unspecified atom stereocenters. The number of para-hydroxylation sites is 1. The van der Waals surface area contributed by atoms with E-state index in [0.717, 1.165) is 33.6 Å². The molecule has 0 atom stereocenters. The average molecular weight is 513 g/mol. The Labute approximate surface area is 229 Å². The summed E-state index contributed by atoms with van der Waals surface area (Å²) in [5.74, 6) is 0.582. The molecule has 1 aliphatic heterocycles. The van der Waals surface area contributed by atoms with Gasteiger partial charge in [0.25, 0.3) is 0 Å². The van der Waals surface area contributed by atoms with Crippen LogP contribution in [0, 0.1) is 0 Å². The van der Waals surface area contributed by atoms with E-state index in [2.05, 4.69) is 82.7 Å². The van der Waals surface area contributed by atoms with Gasteiger partial charge in [0.05, 0.1) is 17.1 Å². The van der Waals surface area contributed by atoms with E-state index in [1.165, 1.54) is 32.7 Å². The van der Waals surface area contributed by atoms with Crippen LogP contribution in [0.2, 0.25) is 0 Å². The summed E-state index contributed by atoms with van der Waals surface area (Å²) in [7, 11) is 0. The first-order chi connectivity index (χ1) is 19.8. The van der Waals surface area contributed by atoms with Crippen LogP contribution < -0.4 is 4.90 Å². The minimum atomic E-state index is 0.582. The molecule has 0 radical (unpaired) electrons. The van der Waals surface area contributed by atoms with Crippen LogP contribution in [-0.4, -0.2) is 15.0 Å². The van der Waals surface area contributed by atoms with Crippen molar-refractivity contribution in [2.75, 3.05) is 4.90 Å². The summed E-state index contributed by atoms with van der Waals surface area (Å²) in [6.07, 6.45) is 1.78. The molecule has 5 heteroatoms. The predicted octanol–water partition coefficient (Wildman–Crippen LogP) is 9.19. The van der Waals surface area contributed by atoms with Gasteiger partial charge in [-0.25, -0.2) is 9.97 Å². The van der Waals surface area contributed by atoms with Crippen molar-refractivity contribution in [3.63, 3.8) is 0 Å². The Hall–Kier alpha value is -5.55. The number of furan rings is 1. The lowest BCUT2D eigenvalue weighted by atomic mass is 9.88. The van der Waals surface area contributed by atoms with Gasteiger partial charge in [-0.1, -0.05) is 78.9 Å². The summed E-state index contributed by atoms with van der Waals surface area (Å²) in [4.78, 5) is 17.2. The highest BCUT2D eigenvalue weighted by Gasteiger charge is 2.30. The average Bonchev–Trinajstić information content (AvgIpc) is 3.40. The lowest BCUT2D eigenvalue weighted by Gasteiger charge is -2.32. The van der Waals surface area contributed by atoms with E-state index in [9.17, 15) is 0 Å². The standard InChI is InChI=1S/C35H20N4O/c1-2-12-23-21(9-1)18-19-28-31(23)25-14-7-10-22-11-8-16-27(30(22)25)39(28)35-37-32-24-13-3-4-17-29(24)40-34(32)33(38-35)26-15-5-6-20-36-26/h1-20H. The third kappa shape index (κ3) is 2.89. The number of hydrogen-bond donors (Lipinski definition) is 0. The van der Waals surface area contributed by atoms with Crippen molar-refractivity contribution in [3.8, 4) is 22.5 Å².